The quantitative estimate of drug-likeness (QED) is 0.823. The summed E-state index contributed by atoms with van der Waals surface area (Å²) in [5, 5.41) is 3.43. The fraction of sp³-hybridized carbons (Fsp3) is 0.571. The molecular formula is C14H21FN2. The Balaban J connectivity index is 1.98. The first-order valence-corrected chi connectivity index (χ1v) is 6.31. The standard InChI is InChI=1S/C14H21FN2/c1-9-3-4-11(6-13(9)15)14(7-16)17-8-12-5-10(12)2/h3-4,6,10,12,14,17H,5,7-8,16H2,1-2H3. The van der Waals surface area contributed by atoms with Crippen LogP contribution in [0.15, 0.2) is 18.2 Å². The summed E-state index contributed by atoms with van der Waals surface area (Å²) < 4.78 is 13.5. The molecule has 17 heavy (non-hydrogen) atoms. The lowest BCUT2D eigenvalue weighted by Gasteiger charge is -2.17. The van der Waals surface area contributed by atoms with Gasteiger partial charge in [0.15, 0.2) is 0 Å². The number of benzene rings is 1. The summed E-state index contributed by atoms with van der Waals surface area (Å²) in [5.41, 5.74) is 7.38. The molecule has 0 bridgehead atoms. The van der Waals surface area contributed by atoms with Gasteiger partial charge >= 0.3 is 0 Å². The van der Waals surface area contributed by atoms with Gasteiger partial charge in [0.2, 0.25) is 0 Å². The van der Waals surface area contributed by atoms with Crippen molar-refractivity contribution >= 4 is 0 Å². The van der Waals surface area contributed by atoms with Gasteiger partial charge in [0, 0.05) is 12.6 Å². The average Bonchev–Trinajstić information content (AvgIpc) is 3.00. The van der Waals surface area contributed by atoms with Crippen molar-refractivity contribution in [1.29, 1.82) is 0 Å². The third kappa shape index (κ3) is 3.05. The Morgan fingerprint density at radius 3 is 2.76 bits per heavy atom. The Morgan fingerprint density at radius 2 is 2.24 bits per heavy atom. The molecule has 0 amide bonds. The van der Waals surface area contributed by atoms with Crippen LogP contribution in [0.5, 0.6) is 0 Å². The Labute approximate surface area is 102 Å². The molecule has 1 aromatic rings. The molecule has 0 spiro atoms. The van der Waals surface area contributed by atoms with Gasteiger partial charge in [-0.3, -0.25) is 0 Å². The van der Waals surface area contributed by atoms with Crippen LogP contribution < -0.4 is 11.1 Å². The minimum absolute atomic E-state index is 0.0675. The number of nitrogens with one attached hydrogen (secondary N) is 1. The van der Waals surface area contributed by atoms with Gasteiger partial charge in [-0.2, -0.15) is 0 Å². The highest BCUT2D eigenvalue weighted by molar-refractivity contribution is 5.26. The van der Waals surface area contributed by atoms with E-state index in [0.717, 1.165) is 23.9 Å². The lowest BCUT2D eigenvalue weighted by molar-refractivity contribution is 0.507. The zero-order valence-corrected chi connectivity index (χ0v) is 10.5. The molecule has 1 aromatic carbocycles. The van der Waals surface area contributed by atoms with Gasteiger partial charge < -0.3 is 11.1 Å². The van der Waals surface area contributed by atoms with Crippen molar-refractivity contribution in [3.63, 3.8) is 0 Å². The molecule has 1 aliphatic rings. The predicted molar refractivity (Wildman–Crippen MR) is 68.2 cm³/mol. The number of hydrogen-bond acceptors (Lipinski definition) is 2. The second-order valence-electron chi connectivity index (χ2n) is 5.18. The summed E-state index contributed by atoms with van der Waals surface area (Å²) in [6.45, 7) is 5.52. The SMILES string of the molecule is Cc1ccc(C(CN)NCC2CC2C)cc1F. The number of aryl methyl sites for hydroxylation is 1. The van der Waals surface area contributed by atoms with Crippen LogP contribution in [0, 0.1) is 24.6 Å². The summed E-state index contributed by atoms with van der Waals surface area (Å²) >= 11 is 0. The third-order valence-electron chi connectivity index (χ3n) is 3.74. The fourth-order valence-electron chi connectivity index (χ4n) is 2.14. The van der Waals surface area contributed by atoms with E-state index in [1.165, 1.54) is 6.42 Å². The molecule has 0 aliphatic heterocycles. The first-order chi connectivity index (χ1) is 8.11. The molecule has 94 valence electrons. The molecule has 3 unspecified atom stereocenters. The molecule has 3 atom stereocenters. The number of hydrogen-bond donors (Lipinski definition) is 2. The molecule has 1 fully saturated rings. The minimum Gasteiger partial charge on any atom is -0.329 e. The van der Waals surface area contributed by atoms with Crippen LogP contribution in [0.3, 0.4) is 0 Å². The smallest absolute Gasteiger partial charge is 0.126 e. The Morgan fingerprint density at radius 1 is 1.53 bits per heavy atom. The van der Waals surface area contributed by atoms with Crippen molar-refractivity contribution in [1.82, 2.24) is 5.32 Å². The van der Waals surface area contributed by atoms with E-state index in [1.54, 1.807) is 13.0 Å². The van der Waals surface area contributed by atoms with Crippen LogP contribution >= 0.6 is 0 Å². The molecule has 3 N–H and O–H groups in total. The summed E-state index contributed by atoms with van der Waals surface area (Å²) in [5.74, 6) is 1.46. The van der Waals surface area contributed by atoms with Gasteiger partial charge in [-0.05, 0) is 48.9 Å². The van der Waals surface area contributed by atoms with E-state index in [2.05, 4.69) is 12.2 Å². The molecule has 2 nitrogen and oxygen atoms in total. The highest BCUT2D eigenvalue weighted by Crippen LogP contribution is 2.37. The summed E-state index contributed by atoms with van der Waals surface area (Å²) in [6, 6.07) is 5.43. The summed E-state index contributed by atoms with van der Waals surface area (Å²) in [4.78, 5) is 0. The zero-order valence-electron chi connectivity index (χ0n) is 10.5. The summed E-state index contributed by atoms with van der Waals surface area (Å²) in [6.07, 6.45) is 1.30. The average molecular weight is 236 g/mol. The number of nitrogens with two attached hydrogens (primary N) is 1. The lowest BCUT2D eigenvalue weighted by atomic mass is 10.0. The Bertz CT molecular complexity index is 392. The maximum Gasteiger partial charge on any atom is 0.126 e. The number of rotatable bonds is 5. The largest absolute Gasteiger partial charge is 0.329 e. The molecule has 0 heterocycles. The molecule has 1 aliphatic carbocycles. The van der Waals surface area contributed by atoms with Crippen molar-refractivity contribution in [2.24, 2.45) is 17.6 Å². The van der Waals surface area contributed by atoms with Crippen molar-refractivity contribution < 1.29 is 4.39 Å². The molecule has 2 rings (SSSR count). The van der Waals surface area contributed by atoms with Gasteiger partial charge in [-0.1, -0.05) is 19.1 Å². The third-order valence-corrected chi connectivity index (χ3v) is 3.74. The van der Waals surface area contributed by atoms with Crippen molar-refractivity contribution in [2.45, 2.75) is 26.3 Å². The van der Waals surface area contributed by atoms with E-state index in [0.29, 0.717) is 12.1 Å². The van der Waals surface area contributed by atoms with Gasteiger partial charge in [0.25, 0.3) is 0 Å². The molecule has 3 heteroatoms. The van der Waals surface area contributed by atoms with Crippen LogP contribution in [0.2, 0.25) is 0 Å². The molecule has 0 aromatic heterocycles. The van der Waals surface area contributed by atoms with E-state index >= 15 is 0 Å². The monoisotopic (exact) mass is 236 g/mol. The van der Waals surface area contributed by atoms with E-state index in [4.69, 9.17) is 5.73 Å². The van der Waals surface area contributed by atoms with Crippen molar-refractivity contribution in [2.75, 3.05) is 13.1 Å². The zero-order chi connectivity index (χ0) is 12.4. The van der Waals surface area contributed by atoms with Gasteiger partial charge in [-0.25, -0.2) is 4.39 Å². The van der Waals surface area contributed by atoms with E-state index in [-0.39, 0.29) is 11.9 Å². The van der Waals surface area contributed by atoms with Crippen LogP contribution in [0.4, 0.5) is 4.39 Å². The molecule has 0 radical (unpaired) electrons. The fourth-order valence-corrected chi connectivity index (χ4v) is 2.14. The van der Waals surface area contributed by atoms with Crippen LogP contribution in [0.1, 0.15) is 30.5 Å². The molecule has 0 saturated heterocycles. The Kier molecular flexibility index (Phi) is 3.79. The Hall–Kier alpha value is -0.930. The van der Waals surface area contributed by atoms with Crippen LogP contribution in [0.25, 0.3) is 0 Å². The minimum atomic E-state index is -0.150. The van der Waals surface area contributed by atoms with E-state index < -0.39 is 0 Å². The molecule has 1 saturated carbocycles. The van der Waals surface area contributed by atoms with E-state index in [9.17, 15) is 4.39 Å². The molecular weight excluding hydrogens is 215 g/mol. The first-order valence-electron chi connectivity index (χ1n) is 6.31. The second kappa shape index (κ2) is 5.15. The normalized spacial score (nSPS) is 24.7. The second-order valence-corrected chi connectivity index (χ2v) is 5.18. The lowest BCUT2D eigenvalue weighted by Crippen LogP contribution is -2.30. The number of halogens is 1. The van der Waals surface area contributed by atoms with Gasteiger partial charge in [-0.15, -0.1) is 0 Å². The summed E-state index contributed by atoms with van der Waals surface area (Å²) in [7, 11) is 0. The predicted octanol–water partition coefficient (Wildman–Crippen LogP) is 2.38. The maximum absolute atomic E-state index is 13.5. The highest BCUT2D eigenvalue weighted by atomic mass is 19.1. The van der Waals surface area contributed by atoms with Crippen LogP contribution in [-0.2, 0) is 0 Å². The van der Waals surface area contributed by atoms with Crippen molar-refractivity contribution in [3.8, 4) is 0 Å². The van der Waals surface area contributed by atoms with Gasteiger partial charge in [0.05, 0.1) is 0 Å². The highest BCUT2D eigenvalue weighted by Gasteiger charge is 2.32. The van der Waals surface area contributed by atoms with E-state index in [1.807, 2.05) is 12.1 Å². The topological polar surface area (TPSA) is 38.0 Å². The first kappa shape index (κ1) is 12.5. The van der Waals surface area contributed by atoms with Crippen LogP contribution in [-0.4, -0.2) is 13.1 Å². The van der Waals surface area contributed by atoms with Crippen molar-refractivity contribution in [3.05, 3.63) is 35.1 Å². The van der Waals surface area contributed by atoms with Gasteiger partial charge in [0.1, 0.15) is 5.82 Å². The maximum atomic E-state index is 13.5.